The molecule has 8 heteroatoms. The molecule has 2 aromatic rings. The molecular formula is C23H27ClN2O4S. The Hall–Kier alpha value is -1.93. The summed E-state index contributed by atoms with van der Waals surface area (Å²) in [5, 5.41) is 0.701. The molecule has 2 aromatic carbocycles. The predicted octanol–water partition coefficient (Wildman–Crippen LogP) is 3.64. The molecule has 31 heavy (non-hydrogen) atoms. The van der Waals surface area contributed by atoms with E-state index >= 15 is 0 Å². The van der Waals surface area contributed by atoms with Crippen LogP contribution in [0.2, 0.25) is 5.02 Å². The fraction of sp³-hybridized carbons (Fsp3) is 0.435. The van der Waals surface area contributed by atoms with Gasteiger partial charge in [-0.1, -0.05) is 35.9 Å². The molecular weight excluding hydrogens is 436 g/mol. The molecule has 0 radical (unpaired) electrons. The average Bonchev–Trinajstić information content (AvgIpc) is 3.46. The molecule has 166 valence electrons. The zero-order valence-corrected chi connectivity index (χ0v) is 18.9. The summed E-state index contributed by atoms with van der Waals surface area (Å²) in [7, 11) is -3.71. The van der Waals surface area contributed by atoms with Crippen LogP contribution >= 0.6 is 11.6 Å². The van der Waals surface area contributed by atoms with Gasteiger partial charge in [0.15, 0.2) is 0 Å². The molecule has 0 aromatic heterocycles. The summed E-state index contributed by atoms with van der Waals surface area (Å²) < 4.78 is 33.5. The lowest BCUT2D eigenvalue weighted by atomic mass is 10.0. The first-order valence-electron chi connectivity index (χ1n) is 10.7. The quantitative estimate of drug-likeness (QED) is 0.681. The van der Waals surface area contributed by atoms with Gasteiger partial charge in [-0.15, -0.1) is 0 Å². The molecule has 0 saturated carbocycles. The molecule has 2 unspecified atom stereocenters. The van der Waals surface area contributed by atoms with Gasteiger partial charge in [0.05, 0.1) is 11.0 Å². The van der Waals surface area contributed by atoms with Crippen LogP contribution in [0.1, 0.15) is 41.6 Å². The van der Waals surface area contributed by atoms with Gasteiger partial charge in [0.25, 0.3) is 5.91 Å². The maximum Gasteiger partial charge on any atom is 0.254 e. The molecule has 1 amide bonds. The number of carbonyl (C=O) groups excluding carboxylic acids is 1. The van der Waals surface area contributed by atoms with Gasteiger partial charge in [-0.2, -0.15) is 0 Å². The van der Waals surface area contributed by atoms with Crippen LogP contribution in [0, 0.1) is 0 Å². The lowest BCUT2D eigenvalue weighted by Crippen LogP contribution is -2.37. The van der Waals surface area contributed by atoms with Crippen molar-refractivity contribution in [1.82, 2.24) is 9.62 Å². The Balaban J connectivity index is 1.47. The maximum absolute atomic E-state index is 13.2. The number of rotatable bonds is 7. The second-order valence-electron chi connectivity index (χ2n) is 8.10. The zero-order valence-electron chi connectivity index (χ0n) is 17.3. The summed E-state index contributed by atoms with van der Waals surface area (Å²) >= 11 is 6.31. The Labute approximate surface area is 188 Å². The number of carbonyl (C=O) groups is 1. The maximum atomic E-state index is 13.2. The smallest absolute Gasteiger partial charge is 0.254 e. The molecule has 1 N–H and O–H groups in total. The molecule has 2 aliphatic heterocycles. The van der Waals surface area contributed by atoms with Gasteiger partial charge in [-0.3, -0.25) is 4.79 Å². The van der Waals surface area contributed by atoms with Gasteiger partial charge in [0, 0.05) is 36.3 Å². The molecule has 2 atom stereocenters. The van der Waals surface area contributed by atoms with Crippen molar-refractivity contribution in [1.29, 1.82) is 0 Å². The Morgan fingerprint density at radius 1 is 1.13 bits per heavy atom. The molecule has 2 heterocycles. The highest BCUT2D eigenvalue weighted by molar-refractivity contribution is 7.89. The molecule has 4 rings (SSSR count). The SMILES string of the molecule is O=C(c1cccc(S(=O)(=O)NCC2CCCO2)c1)N1CCCC1Cc1ccccc1Cl. The molecule has 0 aliphatic carbocycles. The zero-order chi connectivity index (χ0) is 21.8. The topological polar surface area (TPSA) is 75.7 Å². The van der Waals surface area contributed by atoms with E-state index in [1.165, 1.54) is 12.1 Å². The first-order chi connectivity index (χ1) is 14.9. The third-order valence-corrected chi connectivity index (χ3v) is 7.76. The minimum Gasteiger partial charge on any atom is -0.377 e. The number of hydrogen-bond acceptors (Lipinski definition) is 4. The number of halogens is 1. The van der Waals surface area contributed by atoms with Crippen molar-refractivity contribution in [2.45, 2.75) is 49.1 Å². The fourth-order valence-electron chi connectivity index (χ4n) is 4.29. The van der Waals surface area contributed by atoms with Crippen molar-refractivity contribution in [3.8, 4) is 0 Å². The number of sulfonamides is 1. The van der Waals surface area contributed by atoms with Gasteiger partial charge < -0.3 is 9.64 Å². The highest BCUT2D eigenvalue weighted by Gasteiger charge is 2.30. The number of nitrogens with zero attached hydrogens (tertiary/aromatic N) is 1. The first-order valence-corrected chi connectivity index (χ1v) is 12.6. The summed E-state index contributed by atoms with van der Waals surface area (Å²) in [4.78, 5) is 15.2. The van der Waals surface area contributed by atoms with Crippen LogP contribution in [0.15, 0.2) is 53.4 Å². The van der Waals surface area contributed by atoms with Crippen molar-refractivity contribution in [2.75, 3.05) is 19.7 Å². The number of nitrogens with one attached hydrogen (secondary N) is 1. The van der Waals surface area contributed by atoms with E-state index in [1.807, 2.05) is 29.2 Å². The summed E-state index contributed by atoms with van der Waals surface area (Å²) in [6.45, 7) is 1.57. The molecule has 0 bridgehead atoms. The lowest BCUT2D eigenvalue weighted by Gasteiger charge is -2.25. The van der Waals surface area contributed by atoms with E-state index < -0.39 is 10.0 Å². The lowest BCUT2D eigenvalue weighted by molar-refractivity contribution is 0.0736. The van der Waals surface area contributed by atoms with Crippen LogP contribution in [0.4, 0.5) is 0 Å². The van der Waals surface area contributed by atoms with Crippen LogP contribution in [0.3, 0.4) is 0 Å². The number of benzene rings is 2. The summed E-state index contributed by atoms with van der Waals surface area (Å²) in [5.41, 5.74) is 1.40. The van der Waals surface area contributed by atoms with Gasteiger partial charge in [-0.25, -0.2) is 13.1 Å². The normalized spacial score (nSPS) is 21.5. The van der Waals surface area contributed by atoms with Crippen molar-refractivity contribution in [2.24, 2.45) is 0 Å². The third kappa shape index (κ3) is 5.29. The Bertz CT molecular complexity index is 1040. The van der Waals surface area contributed by atoms with Gasteiger partial charge in [0.2, 0.25) is 10.0 Å². The van der Waals surface area contributed by atoms with Crippen molar-refractivity contribution < 1.29 is 17.9 Å². The van der Waals surface area contributed by atoms with E-state index in [4.69, 9.17) is 16.3 Å². The second kappa shape index (κ2) is 9.69. The number of likely N-dealkylation sites (tertiary alicyclic amines) is 1. The summed E-state index contributed by atoms with van der Waals surface area (Å²) in [5.74, 6) is -0.147. The van der Waals surface area contributed by atoms with E-state index in [1.54, 1.807) is 12.1 Å². The van der Waals surface area contributed by atoms with Gasteiger partial charge in [0.1, 0.15) is 0 Å². The van der Waals surface area contributed by atoms with Crippen molar-refractivity contribution >= 4 is 27.5 Å². The van der Waals surface area contributed by atoms with Crippen LogP contribution in [-0.2, 0) is 21.2 Å². The van der Waals surface area contributed by atoms with Crippen LogP contribution in [-0.4, -0.2) is 51.1 Å². The largest absolute Gasteiger partial charge is 0.377 e. The van der Waals surface area contributed by atoms with Crippen molar-refractivity contribution in [3.63, 3.8) is 0 Å². The molecule has 6 nitrogen and oxygen atoms in total. The van der Waals surface area contributed by atoms with Gasteiger partial charge >= 0.3 is 0 Å². The van der Waals surface area contributed by atoms with E-state index in [2.05, 4.69) is 4.72 Å². The molecule has 2 fully saturated rings. The van der Waals surface area contributed by atoms with E-state index in [-0.39, 0.29) is 29.5 Å². The van der Waals surface area contributed by atoms with Crippen LogP contribution in [0.25, 0.3) is 0 Å². The molecule has 0 spiro atoms. The van der Waals surface area contributed by atoms with Crippen LogP contribution in [0.5, 0.6) is 0 Å². The Morgan fingerprint density at radius 2 is 1.97 bits per heavy atom. The highest BCUT2D eigenvalue weighted by atomic mass is 35.5. The average molecular weight is 463 g/mol. The Morgan fingerprint density at radius 3 is 2.74 bits per heavy atom. The minimum absolute atomic E-state index is 0.0466. The fourth-order valence-corrected chi connectivity index (χ4v) is 5.61. The van der Waals surface area contributed by atoms with Gasteiger partial charge in [-0.05, 0) is 61.9 Å². The van der Waals surface area contributed by atoms with E-state index in [0.29, 0.717) is 30.2 Å². The first kappa shape index (κ1) is 22.3. The van der Waals surface area contributed by atoms with Crippen molar-refractivity contribution in [3.05, 3.63) is 64.7 Å². The van der Waals surface area contributed by atoms with E-state index in [9.17, 15) is 13.2 Å². The molecule has 2 aliphatic rings. The Kier molecular flexibility index (Phi) is 6.96. The standard InChI is InChI=1S/C23H27ClN2O4S/c24-22-11-2-1-6-17(22)14-19-8-4-12-26(19)23(27)18-7-3-10-21(15-18)31(28,29)25-16-20-9-5-13-30-20/h1-3,6-7,10-11,15,19-20,25H,4-5,8-9,12-14,16H2. The number of amides is 1. The number of hydrogen-bond donors (Lipinski definition) is 1. The summed E-state index contributed by atoms with van der Waals surface area (Å²) in [6, 6.07) is 14.0. The van der Waals surface area contributed by atoms with E-state index in [0.717, 1.165) is 31.2 Å². The number of ether oxygens (including phenoxy) is 1. The van der Waals surface area contributed by atoms with Crippen LogP contribution < -0.4 is 4.72 Å². The second-order valence-corrected chi connectivity index (χ2v) is 10.3. The highest BCUT2D eigenvalue weighted by Crippen LogP contribution is 2.27. The third-order valence-electron chi connectivity index (χ3n) is 5.97. The predicted molar refractivity (Wildman–Crippen MR) is 120 cm³/mol. The molecule has 2 saturated heterocycles. The minimum atomic E-state index is -3.71. The monoisotopic (exact) mass is 462 g/mol. The summed E-state index contributed by atoms with van der Waals surface area (Å²) in [6.07, 6.45) is 4.21.